The van der Waals surface area contributed by atoms with E-state index in [1.54, 1.807) is 6.92 Å². The van der Waals surface area contributed by atoms with Crippen molar-refractivity contribution in [2.24, 2.45) is 11.8 Å². The molecule has 0 saturated heterocycles. The highest BCUT2D eigenvalue weighted by Crippen LogP contribution is 2.07. The quantitative estimate of drug-likeness (QED) is 0.761. The molecule has 6 nitrogen and oxygen atoms in total. The summed E-state index contributed by atoms with van der Waals surface area (Å²) in [6.45, 7) is 8.26. The first-order valence-corrected chi connectivity index (χ1v) is 6.47. The van der Waals surface area contributed by atoms with Gasteiger partial charge in [-0.3, -0.25) is 4.79 Å². The molecule has 0 spiro atoms. The molecule has 19 heavy (non-hydrogen) atoms. The molecule has 108 valence electrons. The van der Waals surface area contributed by atoms with E-state index in [1.165, 1.54) is 9.80 Å². The van der Waals surface area contributed by atoms with Crippen LogP contribution in [-0.2, 0) is 4.79 Å². The van der Waals surface area contributed by atoms with Gasteiger partial charge in [-0.1, -0.05) is 13.8 Å². The molecule has 0 fully saturated rings. The molecule has 0 aliphatic rings. The second-order valence-electron chi connectivity index (χ2n) is 5.02. The maximum absolute atomic E-state index is 12.3. The highest BCUT2D eigenvalue weighted by molar-refractivity contribution is 5.80. The number of carbonyl (C=O) groups is 2. The lowest BCUT2D eigenvalue weighted by Crippen LogP contribution is -2.47. The molecule has 0 aromatic carbocycles. The maximum atomic E-state index is 12.3. The third-order valence-electron chi connectivity index (χ3n) is 2.55. The molecule has 0 aliphatic carbocycles. The Balaban J connectivity index is 4.82. The molecule has 0 heterocycles. The van der Waals surface area contributed by atoms with Gasteiger partial charge >= 0.3 is 12.0 Å². The van der Waals surface area contributed by atoms with Crippen LogP contribution in [0, 0.1) is 23.2 Å². The Morgan fingerprint density at radius 2 is 1.79 bits per heavy atom. The van der Waals surface area contributed by atoms with Crippen LogP contribution >= 0.6 is 0 Å². The first kappa shape index (κ1) is 17.2. The molecule has 0 aliphatic heterocycles. The van der Waals surface area contributed by atoms with Crippen molar-refractivity contribution in [2.45, 2.75) is 27.7 Å². The lowest BCUT2D eigenvalue weighted by atomic mass is 10.2. The molecule has 0 radical (unpaired) electrons. The summed E-state index contributed by atoms with van der Waals surface area (Å²) >= 11 is 0. The van der Waals surface area contributed by atoms with E-state index in [9.17, 15) is 9.59 Å². The van der Waals surface area contributed by atoms with Gasteiger partial charge in [0.2, 0.25) is 0 Å². The van der Waals surface area contributed by atoms with E-state index in [0.29, 0.717) is 19.6 Å². The molecule has 1 atom stereocenters. The number of nitrogens with zero attached hydrogens (tertiary/aromatic N) is 3. The molecule has 0 saturated carbocycles. The average molecular weight is 269 g/mol. The van der Waals surface area contributed by atoms with Crippen LogP contribution < -0.4 is 0 Å². The lowest BCUT2D eigenvalue weighted by molar-refractivity contribution is -0.137. The highest BCUT2D eigenvalue weighted by Gasteiger charge is 2.23. The van der Waals surface area contributed by atoms with Crippen LogP contribution in [0.15, 0.2) is 0 Å². The second-order valence-corrected chi connectivity index (χ2v) is 5.02. The van der Waals surface area contributed by atoms with Crippen molar-refractivity contribution in [1.29, 1.82) is 5.26 Å². The smallest absolute Gasteiger partial charge is 0.323 e. The van der Waals surface area contributed by atoms with Crippen molar-refractivity contribution < 1.29 is 14.7 Å². The Morgan fingerprint density at radius 3 is 2.16 bits per heavy atom. The van der Waals surface area contributed by atoms with Gasteiger partial charge in [0.05, 0.1) is 12.0 Å². The van der Waals surface area contributed by atoms with Gasteiger partial charge in [0.1, 0.15) is 6.54 Å². The first-order chi connectivity index (χ1) is 8.81. The van der Waals surface area contributed by atoms with E-state index in [1.807, 2.05) is 20.8 Å². The molecule has 0 rings (SSSR count). The van der Waals surface area contributed by atoms with Gasteiger partial charge in [0.15, 0.2) is 0 Å². The van der Waals surface area contributed by atoms with E-state index in [2.05, 4.69) is 6.07 Å². The van der Waals surface area contributed by atoms with Crippen molar-refractivity contribution in [3.63, 3.8) is 0 Å². The summed E-state index contributed by atoms with van der Waals surface area (Å²) < 4.78 is 0. The standard InChI is InChI=1S/C13H23N3O3/c1-5-15(8-11(4)6-14)13(19)16(7-10(2)3)9-12(17)18/h10-11H,5,7-9H2,1-4H3,(H,17,18). The van der Waals surface area contributed by atoms with Gasteiger partial charge in [-0.25, -0.2) is 4.79 Å². The normalized spacial score (nSPS) is 11.8. The topological polar surface area (TPSA) is 84.6 Å². The molecule has 0 aromatic heterocycles. The highest BCUT2D eigenvalue weighted by atomic mass is 16.4. The van der Waals surface area contributed by atoms with Gasteiger partial charge in [0, 0.05) is 19.6 Å². The third-order valence-corrected chi connectivity index (χ3v) is 2.55. The molecular weight excluding hydrogens is 246 g/mol. The number of nitriles is 1. The predicted octanol–water partition coefficient (Wildman–Crippen LogP) is 1.63. The summed E-state index contributed by atoms with van der Waals surface area (Å²) in [6.07, 6.45) is 0. The average Bonchev–Trinajstić information content (AvgIpc) is 2.32. The van der Waals surface area contributed by atoms with Gasteiger partial charge < -0.3 is 14.9 Å². The van der Waals surface area contributed by atoms with Crippen LogP contribution in [0.3, 0.4) is 0 Å². The fraction of sp³-hybridized carbons (Fsp3) is 0.769. The van der Waals surface area contributed by atoms with E-state index in [0.717, 1.165) is 0 Å². The summed E-state index contributed by atoms with van der Waals surface area (Å²) in [6, 6.07) is 1.76. The van der Waals surface area contributed by atoms with Crippen molar-refractivity contribution >= 4 is 12.0 Å². The minimum Gasteiger partial charge on any atom is -0.480 e. The SMILES string of the molecule is CCN(CC(C)C#N)C(=O)N(CC(=O)O)CC(C)C. The van der Waals surface area contributed by atoms with Gasteiger partial charge in [0.25, 0.3) is 0 Å². The number of carboxylic acids is 1. The third kappa shape index (κ3) is 6.65. The zero-order valence-corrected chi connectivity index (χ0v) is 12.1. The van der Waals surface area contributed by atoms with Crippen molar-refractivity contribution in [3.8, 4) is 6.07 Å². The van der Waals surface area contributed by atoms with Gasteiger partial charge in [-0.05, 0) is 19.8 Å². The second kappa shape index (κ2) is 8.35. The van der Waals surface area contributed by atoms with E-state index >= 15 is 0 Å². The molecule has 0 aromatic rings. The number of aliphatic carboxylic acids is 1. The molecule has 0 bridgehead atoms. The largest absolute Gasteiger partial charge is 0.480 e. The van der Waals surface area contributed by atoms with Crippen LogP contribution in [-0.4, -0.2) is 53.1 Å². The van der Waals surface area contributed by atoms with Crippen LogP contribution in [0.4, 0.5) is 4.79 Å². The van der Waals surface area contributed by atoms with Crippen molar-refractivity contribution in [3.05, 3.63) is 0 Å². The summed E-state index contributed by atoms with van der Waals surface area (Å²) in [5, 5.41) is 17.7. The van der Waals surface area contributed by atoms with Crippen LogP contribution in [0.2, 0.25) is 0 Å². The Morgan fingerprint density at radius 1 is 1.21 bits per heavy atom. The summed E-state index contributed by atoms with van der Waals surface area (Å²) in [4.78, 5) is 25.9. The molecule has 2 amide bonds. The Hall–Kier alpha value is -1.77. The first-order valence-electron chi connectivity index (χ1n) is 6.47. The number of amides is 2. The number of hydrogen-bond acceptors (Lipinski definition) is 3. The number of urea groups is 1. The molecular formula is C13H23N3O3. The lowest BCUT2D eigenvalue weighted by Gasteiger charge is -2.30. The van der Waals surface area contributed by atoms with Gasteiger partial charge in [-0.2, -0.15) is 5.26 Å². The Kier molecular flexibility index (Phi) is 7.57. The zero-order valence-electron chi connectivity index (χ0n) is 12.1. The number of carbonyl (C=O) groups excluding carboxylic acids is 1. The van der Waals surface area contributed by atoms with Crippen LogP contribution in [0.1, 0.15) is 27.7 Å². The molecule has 1 unspecified atom stereocenters. The fourth-order valence-electron chi connectivity index (χ4n) is 1.73. The van der Waals surface area contributed by atoms with Crippen LogP contribution in [0.5, 0.6) is 0 Å². The molecule has 1 N–H and O–H groups in total. The minimum atomic E-state index is -1.03. The number of rotatable bonds is 7. The summed E-state index contributed by atoms with van der Waals surface area (Å²) in [5.41, 5.74) is 0. The summed E-state index contributed by atoms with van der Waals surface area (Å²) in [5.74, 6) is -1.11. The van der Waals surface area contributed by atoms with E-state index < -0.39 is 5.97 Å². The van der Waals surface area contributed by atoms with E-state index in [4.69, 9.17) is 10.4 Å². The van der Waals surface area contributed by atoms with Crippen molar-refractivity contribution in [2.75, 3.05) is 26.2 Å². The maximum Gasteiger partial charge on any atom is 0.323 e. The Bertz CT molecular complexity index is 350. The number of carboxylic acid groups (broad SMARTS) is 1. The zero-order chi connectivity index (χ0) is 15.0. The monoisotopic (exact) mass is 269 g/mol. The van der Waals surface area contributed by atoms with Gasteiger partial charge in [-0.15, -0.1) is 0 Å². The fourth-order valence-corrected chi connectivity index (χ4v) is 1.73. The van der Waals surface area contributed by atoms with Crippen molar-refractivity contribution in [1.82, 2.24) is 9.80 Å². The van der Waals surface area contributed by atoms with E-state index in [-0.39, 0.29) is 24.4 Å². The summed E-state index contributed by atoms with van der Waals surface area (Å²) in [7, 11) is 0. The predicted molar refractivity (Wildman–Crippen MR) is 71.5 cm³/mol. The molecule has 6 heteroatoms. The van der Waals surface area contributed by atoms with Crippen LogP contribution in [0.25, 0.3) is 0 Å². The Labute approximate surface area is 114 Å². The number of hydrogen-bond donors (Lipinski definition) is 1. The minimum absolute atomic E-state index is 0.190.